The van der Waals surface area contributed by atoms with Crippen molar-refractivity contribution < 1.29 is 4.79 Å². The molecule has 4 heteroatoms. The maximum atomic E-state index is 12.4. The van der Waals surface area contributed by atoms with Gasteiger partial charge in [-0.1, -0.05) is 26.0 Å². The lowest BCUT2D eigenvalue weighted by molar-refractivity contribution is -0.0913. The topological polar surface area (TPSA) is 54.4 Å². The molecule has 3 saturated carbocycles. The number of amides is 1. The van der Waals surface area contributed by atoms with Gasteiger partial charge in [0.1, 0.15) is 0 Å². The summed E-state index contributed by atoms with van der Waals surface area (Å²) in [5, 5.41) is 4.59. The molecule has 0 saturated heterocycles. The number of hydrogen-bond donors (Lipinski definition) is 1. The Hall–Kier alpha value is -1.97. The third-order valence-corrected chi connectivity index (χ3v) is 9.99. The zero-order chi connectivity index (χ0) is 21.6. The van der Waals surface area contributed by atoms with Crippen molar-refractivity contribution in [2.75, 3.05) is 0 Å². The van der Waals surface area contributed by atoms with Crippen molar-refractivity contribution in [2.45, 2.75) is 72.1 Å². The van der Waals surface area contributed by atoms with Gasteiger partial charge in [0.2, 0.25) is 0 Å². The number of hydrogen-bond acceptors (Lipinski definition) is 3. The molecule has 0 aliphatic heterocycles. The van der Waals surface area contributed by atoms with Gasteiger partial charge in [-0.15, -0.1) is 0 Å². The molecule has 0 aromatic carbocycles. The number of fused-ring (bicyclic) bond motifs is 5. The fourth-order valence-corrected chi connectivity index (χ4v) is 8.31. The molecule has 4 nitrogen and oxygen atoms in total. The molecule has 0 unspecified atom stereocenters. The van der Waals surface area contributed by atoms with Crippen molar-refractivity contribution in [1.82, 2.24) is 10.4 Å². The lowest BCUT2D eigenvalue weighted by Crippen LogP contribution is -2.52. The van der Waals surface area contributed by atoms with Gasteiger partial charge >= 0.3 is 0 Å². The van der Waals surface area contributed by atoms with Gasteiger partial charge in [0, 0.05) is 29.6 Å². The second-order valence-corrected chi connectivity index (χ2v) is 11.2. The van der Waals surface area contributed by atoms with Crippen molar-refractivity contribution in [2.24, 2.45) is 45.5 Å². The van der Waals surface area contributed by atoms with E-state index in [2.05, 4.69) is 48.4 Å². The summed E-state index contributed by atoms with van der Waals surface area (Å²) in [5.74, 6) is 3.79. The van der Waals surface area contributed by atoms with Crippen molar-refractivity contribution in [3.8, 4) is 0 Å². The van der Waals surface area contributed by atoms with Gasteiger partial charge in [0.05, 0.1) is 0 Å². The molecule has 7 atom stereocenters. The van der Waals surface area contributed by atoms with E-state index in [1.54, 1.807) is 24.5 Å². The number of nitrogens with zero attached hydrogens (tertiary/aromatic N) is 2. The predicted molar refractivity (Wildman–Crippen MR) is 125 cm³/mol. The first-order valence-electron chi connectivity index (χ1n) is 12.3. The second-order valence-electron chi connectivity index (χ2n) is 11.2. The maximum absolute atomic E-state index is 12.4. The summed E-state index contributed by atoms with van der Waals surface area (Å²) in [4.78, 5) is 16.4. The van der Waals surface area contributed by atoms with E-state index in [0.29, 0.717) is 22.3 Å². The smallest absolute Gasteiger partial charge is 0.267 e. The maximum Gasteiger partial charge on any atom is 0.271 e. The molecular formula is C27H37N3O. The van der Waals surface area contributed by atoms with Crippen LogP contribution in [0.1, 0.15) is 82.5 Å². The van der Waals surface area contributed by atoms with E-state index in [4.69, 9.17) is 0 Å². The van der Waals surface area contributed by atoms with E-state index < -0.39 is 0 Å². The average Bonchev–Trinajstić information content (AvgIpc) is 3.14. The summed E-state index contributed by atoms with van der Waals surface area (Å²) >= 11 is 0. The Morgan fingerprint density at radius 2 is 1.81 bits per heavy atom. The second kappa shape index (κ2) is 7.86. The highest BCUT2D eigenvalue weighted by Gasteiger charge is 2.59. The third-order valence-electron chi connectivity index (χ3n) is 9.99. The van der Waals surface area contributed by atoms with Crippen LogP contribution in [0.3, 0.4) is 0 Å². The van der Waals surface area contributed by atoms with Crippen molar-refractivity contribution in [3.63, 3.8) is 0 Å². The van der Waals surface area contributed by atoms with Crippen molar-refractivity contribution >= 4 is 11.6 Å². The number of rotatable bonds is 3. The minimum atomic E-state index is -0.151. The van der Waals surface area contributed by atoms with Gasteiger partial charge in [0.25, 0.3) is 5.91 Å². The first-order chi connectivity index (χ1) is 14.9. The normalized spacial score (nSPS) is 41.8. The fraction of sp³-hybridized carbons (Fsp3) is 0.667. The number of nitrogens with one attached hydrogen (secondary N) is 1. The quantitative estimate of drug-likeness (QED) is 0.370. The molecule has 1 aromatic rings. The highest BCUT2D eigenvalue weighted by molar-refractivity contribution is 5.95. The van der Waals surface area contributed by atoms with Crippen LogP contribution < -0.4 is 5.43 Å². The number of hydrazone groups is 1. The lowest BCUT2D eigenvalue weighted by atomic mass is 9.45. The van der Waals surface area contributed by atoms with E-state index in [1.807, 2.05) is 0 Å². The van der Waals surface area contributed by atoms with Crippen LogP contribution in [-0.4, -0.2) is 16.6 Å². The largest absolute Gasteiger partial charge is 0.271 e. The number of aromatic nitrogens is 1. The van der Waals surface area contributed by atoms with Crippen LogP contribution in [0.2, 0.25) is 0 Å². The standard InChI is InChI=1S/C27H37N3O/c1-18(29-30-25(31)19-12-16-28-17-13-19)22-9-10-23-21-8-7-20-6-4-5-14-26(20,2)24(21)11-15-27(22,23)3/h4-5,12-13,16-17,20-24H,6-11,14-15H2,1-3H3,(H,30,31)/b29-18-/t20-,21-,22+,23-,24-,26+,27+/m1/s1. The molecule has 1 aromatic heterocycles. The minimum absolute atomic E-state index is 0.151. The first-order valence-corrected chi connectivity index (χ1v) is 12.3. The lowest BCUT2D eigenvalue weighted by Gasteiger charge is -2.59. The van der Waals surface area contributed by atoms with Gasteiger partial charge in [-0.3, -0.25) is 9.78 Å². The van der Waals surface area contributed by atoms with Gasteiger partial charge in [-0.05, 0) is 105 Å². The van der Waals surface area contributed by atoms with Gasteiger partial charge in [0.15, 0.2) is 0 Å². The zero-order valence-electron chi connectivity index (χ0n) is 19.3. The molecule has 166 valence electrons. The van der Waals surface area contributed by atoms with E-state index in [0.717, 1.165) is 29.4 Å². The van der Waals surface area contributed by atoms with Crippen molar-refractivity contribution in [1.29, 1.82) is 0 Å². The Bertz CT molecular complexity index is 893. The molecular weight excluding hydrogens is 382 g/mol. The Balaban J connectivity index is 1.32. The van der Waals surface area contributed by atoms with E-state index in [-0.39, 0.29) is 5.91 Å². The molecule has 5 rings (SSSR count). The van der Waals surface area contributed by atoms with E-state index >= 15 is 0 Å². The number of allylic oxidation sites excluding steroid dienone is 2. The van der Waals surface area contributed by atoms with Crippen LogP contribution in [0.25, 0.3) is 0 Å². The Kier molecular flexibility index (Phi) is 5.30. The first kappa shape index (κ1) is 20.9. The minimum Gasteiger partial charge on any atom is -0.267 e. The number of carbonyl (C=O) groups excluding carboxylic acids is 1. The Labute approximate surface area is 187 Å². The van der Waals surface area contributed by atoms with E-state index in [9.17, 15) is 4.79 Å². The summed E-state index contributed by atoms with van der Waals surface area (Å²) in [6.45, 7) is 7.26. The number of pyridine rings is 1. The third kappa shape index (κ3) is 3.37. The Morgan fingerprint density at radius 3 is 2.61 bits per heavy atom. The molecule has 4 aliphatic carbocycles. The highest BCUT2D eigenvalue weighted by atomic mass is 16.2. The monoisotopic (exact) mass is 419 g/mol. The number of carbonyl (C=O) groups is 1. The zero-order valence-corrected chi connectivity index (χ0v) is 19.3. The van der Waals surface area contributed by atoms with Crippen LogP contribution >= 0.6 is 0 Å². The van der Waals surface area contributed by atoms with Crippen LogP contribution in [0, 0.1) is 40.4 Å². The fourth-order valence-electron chi connectivity index (χ4n) is 8.31. The van der Waals surface area contributed by atoms with Gasteiger partial charge in [-0.25, -0.2) is 5.43 Å². The summed E-state index contributed by atoms with van der Waals surface area (Å²) < 4.78 is 0. The molecule has 1 heterocycles. The van der Waals surface area contributed by atoms with Gasteiger partial charge in [-0.2, -0.15) is 5.10 Å². The molecule has 3 fully saturated rings. The van der Waals surface area contributed by atoms with Gasteiger partial charge < -0.3 is 0 Å². The molecule has 0 radical (unpaired) electrons. The molecule has 4 aliphatic rings. The predicted octanol–water partition coefficient (Wildman–Crippen LogP) is 6.01. The summed E-state index contributed by atoms with van der Waals surface area (Å²) in [7, 11) is 0. The molecule has 31 heavy (non-hydrogen) atoms. The molecule has 0 spiro atoms. The highest BCUT2D eigenvalue weighted by Crippen LogP contribution is 2.67. The summed E-state index contributed by atoms with van der Waals surface area (Å²) in [6, 6.07) is 3.46. The van der Waals surface area contributed by atoms with Crippen molar-refractivity contribution in [3.05, 3.63) is 42.2 Å². The molecule has 1 N–H and O–H groups in total. The van der Waals surface area contributed by atoms with E-state index in [1.165, 1.54) is 51.4 Å². The van der Waals surface area contributed by atoms with Crippen LogP contribution in [-0.2, 0) is 0 Å². The van der Waals surface area contributed by atoms with Crippen LogP contribution in [0.5, 0.6) is 0 Å². The SMILES string of the molecule is C/C(=N/NC(=O)c1ccncc1)[C@@H]1CC[C@@H]2[C@H]3CC[C@H]4CC=CC[C@]4(C)[C@@H]3CC[C@]21C. The summed E-state index contributed by atoms with van der Waals surface area (Å²) in [5.41, 5.74) is 5.35. The molecule has 0 bridgehead atoms. The molecule has 1 amide bonds. The average molecular weight is 420 g/mol. The Morgan fingerprint density at radius 1 is 1.03 bits per heavy atom. The summed E-state index contributed by atoms with van der Waals surface area (Å²) in [6.07, 6.45) is 18.8. The van der Waals surface area contributed by atoms with Crippen LogP contribution in [0.15, 0.2) is 41.8 Å². The van der Waals surface area contributed by atoms with Crippen LogP contribution in [0.4, 0.5) is 0 Å².